The number of nitrogens with two attached hydrogens (primary N) is 1. The van der Waals surface area contributed by atoms with Crippen LogP contribution in [0.1, 0.15) is 22.8 Å². The first kappa shape index (κ1) is 16.0. The van der Waals surface area contributed by atoms with E-state index in [0.29, 0.717) is 17.5 Å². The zero-order chi connectivity index (χ0) is 15.8. The first-order valence-corrected chi connectivity index (χ1v) is 7.83. The third kappa shape index (κ3) is 4.60. The van der Waals surface area contributed by atoms with E-state index < -0.39 is 5.97 Å². The Morgan fingerprint density at radius 2 is 2.14 bits per heavy atom. The van der Waals surface area contributed by atoms with Gasteiger partial charge in [0.15, 0.2) is 5.16 Å². The second kappa shape index (κ2) is 8.19. The summed E-state index contributed by atoms with van der Waals surface area (Å²) >= 11 is 1.45. The average molecular weight is 315 g/mol. The molecule has 0 saturated carbocycles. The van der Waals surface area contributed by atoms with Crippen LogP contribution >= 0.6 is 11.8 Å². The van der Waals surface area contributed by atoms with Crippen LogP contribution in [-0.2, 0) is 4.74 Å². The Morgan fingerprint density at radius 3 is 2.82 bits per heavy atom. The minimum Gasteiger partial charge on any atom is -0.462 e. The van der Waals surface area contributed by atoms with Crippen LogP contribution in [0.5, 0.6) is 0 Å². The van der Waals surface area contributed by atoms with E-state index >= 15 is 0 Å². The number of nitrogens with zero attached hydrogens (tertiary/aromatic N) is 2. The molecule has 0 atom stereocenters. The minimum atomic E-state index is -0.500. The third-order valence-corrected chi connectivity index (χ3v) is 3.52. The highest BCUT2D eigenvalue weighted by Crippen LogP contribution is 2.17. The highest BCUT2D eigenvalue weighted by atomic mass is 32.2. The van der Waals surface area contributed by atoms with Crippen molar-refractivity contribution in [3.05, 3.63) is 53.7 Å². The molecule has 0 fully saturated rings. The molecular formula is C16H17N3O2S. The molecule has 2 rings (SSSR count). The number of ether oxygens (including phenoxy) is 1. The maximum Gasteiger partial charge on any atom is 0.343 e. The van der Waals surface area contributed by atoms with Crippen molar-refractivity contribution >= 4 is 29.6 Å². The largest absolute Gasteiger partial charge is 0.462 e. The summed E-state index contributed by atoms with van der Waals surface area (Å²) < 4.78 is 4.88. The van der Waals surface area contributed by atoms with Crippen LogP contribution in [0.2, 0.25) is 0 Å². The molecule has 114 valence electrons. The van der Waals surface area contributed by atoms with Gasteiger partial charge in [0.25, 0.3) is 0 Å². The molecule has 0 saturated heterocycles. The Bertz CT molecular complexity index is 660. The number of carbonyl (C=O) groups is 1. The van der Waals surface area contributed by atoms with Gasteiger partial charge in [0.1, 0.15) is 11.4 Å². The molecule has 2 N–H and O–H groups in total. The number of anilines is 1. The predicted octanol–water partition coefficient (Wildman–Crippen LogP) is 3.04. The zero-order valence-corrected chi connectivity index (χ0v) is 13.0. The number of carbonyl (C=O) groups excluding carboxylic acids is 1. The fourth-order valence-corrected chi connectivity index (χ4v) is 2.32. The summed E-state index contributed by atoms with van der Waals surface area (Å²) in [5, 5.41) is 0.531. The van der Waals surface area contributed by atoms with Crippen molar-refractivity contribution in [1.29, 1.82) is 0 Å². The molecule has 0 radical (unpaired) electrons. The summed E-state index contributed by atoms with van der Waals surface area (Å²) in [5.41, 5.74) is 7.10. The Labute approximate surface area is 133 Å². The van der Waals surface area contributed by atoms with Crippen molar-refractivity contribution < 1.29 is 9.53 Å². The van der Waals surface area contributed by atoms with Gasteiger partial charge in [-0.2, -0.15) is 0 Å². The maximum absolute atomic E-state index is 11.6. The first-order chi connectivity index (χ1) is 10.7. The summed E-state index contributed by atoms with van der Waals surface area (Å²) in [7, 11) is 0. The van der Waals surface area contributed by atoms with Crippen LogP contribution in [0.25, 0.3) is 6.08 Å². The van der Waals surface area contributed by atoms with Crippen LogP contribution in [0.4, 0.5) is 5.82 Å². The minimum absolute atomic E-state index is 0.142. The molecular weight excluding hydrogens is 298 g/mol. The molecule has 0 aliphatic heterocycles. The Morgan fingerprint density at radius 1 is 1.36 bits per heavy atom. The number of nitrogen functional groups attached to an aromatic ring is 1. The van der Waals surface area contributed by atoms with Crippen molar-refractivity contribution in [2.75, 3.05) is 18.1 Å². The average Bonchev–Trinajstić information content (AvgIpc) is 2.53. The van der Waals surface area contributed by atoms with Crippen molar-refractivity contribution in [3.8, 4) is 0 Å². The fourth-order valence-electron chi connectivity index (χ4n) is 1.68. The van der Waals surface area contributed by atoms with Gasteiger partial charge in [0.05, 0.1) is 6.61 Å². The van der Waals surface area contributed by atoms with Gasteiger partial charge in [0.2, 0.25) is 0 Å². The lowest BCUT2D eigenvalue weighted by Crippen LogP contribution is -2.10. The molecule has 0 amide bonds. The second-order valence-corrected chi connectivity index (χ2v) is 5.28. The molecule has 0 aliphatic rings. The highest BCUT2D eigenvalue weighted by molar-refractivity contribution is 7.99. The zero-order valence-electron chi connectivity index (χ0n) is 12.2. The lowest BCUT2D eigenvalue weighted by atomic mass is 10.2. The second-order valence-electron chi connectivity index (χ2n) is 4.30. The SMILES string of the molecule is CCOC(=O)c1cnc(SCC=Cc2ccccc2)nc1N. The number of benzene rings is 1. The van der Waals surface area contributed by atoms with Gasteiger partial charge < -0.3 is 10.5 Å². The first-order valence-electron chi connectivity index (χ1n) is 6.84. The summed E-state index contributed by atoms with van der Waals surface area (Å²) in [6.45, 7) is 2.03. The van der Waals surface area contributed by atoms with Gasteiger partial charge in [-0.3, -0.25) is 0 Å². The van der Waals surface area contributed by atoms with Gasteiger partial charge in [-0.15, -0.1) is 0 Å². The molecule has 22 heavy (non-hydrogen) atoms. The van der Waals surface area contributed by atoms with Crippen molar-refractivity contribution in [1.82, 2.24) is 9.97 Å². The van der Waals surface area contributed by atoms with Crippen LogP contribution in [-0.4, -0.2) is 28.3 Å². The smallest absolute Gasteiger partial charge is 0.343 e. The number of esters is 1. The highest BCUT2D eigenvalue weighted by Gasteiger charge is 2.13. The van der Waals surface area contributed by atoms with Crippen molar-refractivity contribution in [2.24, 2.45) is 0 Å². The summed E-state index contributed by atoms with van der Waals surface area (Å²) in [6.07, 6.45) is 5.46. The topological polar surface area (TPSA) is 78.1 Å². The number of hydrogen-bond acceptors (Lipinski definition) is 6. The number of hydrogen-bond donors (Lipinski definition) is 1. The standard InChI is InChI=1S/C16H17N3O2S/c1-2-21-15(20)13-11-18-16(19-14(13)17)22-10-6-9-12-7-4-3-5-8-12/h3-9,11H,2,10H2,1H3,(H2,17,18,19). The molecule has 5 nitrogen and oxygen atoms in total. The van der Waals surface area contributed by atoms with Crippen LogP contribution in [0.3, 0.4) is 0 Å². The summed E-state index contributed by atoms with van der Waals surface area (Å²) in [4.78, 5) is 19.8. The summed E-state index contributed by atoms with van der Waals surface area (Å²) in [5.74, 6) is 0.358. The molecule has 0 spiro atoms. The van der Waals surface area contributed by atoms with Gasteiger partial charge in [0, 0.05) is 11.9 Å². The number of rotatable bonds is 6. The maximum atomic E-state index is 11.6. The Balaban J connectivity index is 1.92. The third-order valence-electron chi connectivity index (χ3n) is 2.71. The van der Waals surface area contributed by atoms with E-state index in [-0.39, 0.29) is 11.4 Å². The predicted molar refractivity (Wildman–Crippen MR) is 88.6 cm³/mol. The molecule has 1 aromatic carbocycles. The normalized spacial score (nSPS) is 10.8. The van der Waals surface area contributed by atoms with E-state index in [4.69, 9.17) is 10.5 Å². The number of thioether (sulfide) groups is 1. The van der Waals surface area contributed by atoms with Crippen molar-refractivity contribution in [3.63, 3.8) is 0 Å². The van der Waals surface area contributed by atoms with Crippen LogP contribution < -0.4 is 5.73 Å². The van der Waals surface area contributed by atoms with E-state index in [0.717, 1.165) is 5.56 Å². The molecule has 6 heteroatoms. The lowest BCUT2D eigenvalue weighted by Gasteiger charge is -2.05. The van der Waals surface area contributed by atoms with Gasteiger partial charge in [-0.25, -0.2) is 14.8 Å². The van der Waals surface area contributed by atoms with E-state index in [1.54, 1.807) is 6.92 Å². The van der Waals surface area contributed by atoms with Crippen molar-refractivity contribution in [2.45, 2.75) is 12.1 Å². The molecule has 1 aromatic heterocycles. The molecule has 0 unspecified atom stereocenters. The van der Waals surface area contributed by atoms with E-state index in [1.165, 1.54) is 18.0 Å². The molecule has 0 bridgehead atoms. The molecule has 1 heterocycles. The van der Waals surface area contributed by atoms with E-state index in [9.17, 15) is 4.79 Å². The van der Waals surface area contributed by atoms with Crippen LogP contribution in [0, 0.1) is 0 Å². The molecule has 2 aromatic rings. The van der Waals surface area contributed by atoms with E-state index in [1.807, 2.05) is 42.5 Å². The lowest BCUT2D eigenvalue weighted by molar-refractivity contribution is 0.0526. The van der Waals surface area contributed by atoms with Crippen LogP contribution in [0.15, 0.2) is 47.8 Å². The Hall–Kier alpha value is -2.34. The summed E-state index contributed by atoms with van der Waals surface area (Å²) in [6, 6.07) is 10.0. The van der Waals surface area contributed by atoms with Gasteiger partial charge in [-0.1, -0.05) is 54.2 Å². The van der Waals surface area contributed by atoms with E-state index in [2.05, 4.69) is 9.97 Å². The molecule has 0 aliphatic carbocycles. The Kier molecular flexibility index (Phi) is 5.97. The van der Waals surface area contributed by atoms with Gasteiger partial charge in [-0.05, 0) is 12.5 Å². The monoisotopic (exact) mass is 315 g/mol. The fraction of sp³-hybridized carbons (Fsp3) is 0.188. The number of aromatic nitrogens is 2. The van der Waals surface area contributed by atoms with Gasteiger partial charge >= 0.3 is 5.97 Å². The quantitative estimate of drug-likeness (QED) is 0.501.